The van der Waals surface area contributed by atoms with E-state index in [0.29, 0.717) is 12.3 Å². The van der Waals surface area contributed by atoms with Crippen LogP contribution in [0, 0.1) is 19.8 Å². The summed E-state index contributed by atoms with van der Waals surface area (Å²) in [6, 6.07) is 0. The summed E-state index contributed by atoms with van der Waals surface area (Å²) in [7, 11) is 0. The van der Waals surface area contributed by atoms with Gasteiger partial charge >= 0.3 is 0 Å². The van der Waals surface area contributed by atoms with Crippen molar-refractivity contribution in [1.29, 1.82) is 0 Å². The second kappa shape index (κ2) is 6.39. The van der Waals surface area contributed by atoms with Gasteiger partial charge in [-0.2, -0.15) is 5.10 Å². The summed E-state index contributed by atoms with van der Waals surface area (Å²) in [5.41, 5.74) is 3.24. The van der Waals surface area contributed by atoms with E-state index in [9.17, 15) is 4.79 Å². The minimum atomic E-state index is 0.224. The fourth-order valence-electron chi connectivity index (χ4n) is 2.69. The van der Waals surface area contributed by atoms with E-state index in [0.717, 1.165) is 49.7 Å². The maximum atomic E-state index is 12.4. The van der Waals surface area contributed by atoms with Gasteiger partial charge in [0.05, 0.1) is 12.1 Å². The summed E-state index contributed by atoms with van der Waals surface area (Å²) in [6.07, 6.45) is 0.482. The van der Waals surface area contributed by atoms with Crippen LogP contribution in [-0.4, -0.2) is 46.8 Å². The Balaban J connectivity index is 2.08. The molecule has 1 aliphatic rings. The van der Waals surface area contributed by atoms with Crippen LogP contribution in [0.2, 0.25) is 0 Å². The molecule has 5 nitrogen and oxygen atoms in total. The van der Waals surface area contributed by atoms with E-state index in [4.69, 9.17) is 0 Å². The molecule has 112 valence electrons. The molecule has 0 aliphatic carbocycles. The van der Waals surface area contributed by atoms with Gasteiger partial charge in [-0.1, -0.05) is 13.8 Å². The van der Waals surface area contributed by atoms with Crippen LogP contribution in [0.15, 0.2) is 0 Å². The standard InChI is InChI=1S/C15H26N4O/c1-11(2)10-19-13(4)14(12(3)17-19)9-15(20)18-7-5-16-6-8-18/h11,16H,5-10H2,1-4H3. The predicted octanol–water partition coefficient (Wildman–Crippen LogP) is 1.13. The van der Waals surface area contributed by atoms with Gasteiger partial charge < -0.3 is 10.2 Å². The van der Waals surface area contributed by atoms with Crippen LogP contribution in [0.1, 0.15) is 30.8 Å². The summed E-state index contributed by atoms with van der Waals surface area (Å²) in [6.45, 7) is 12.8. The van der Waals surface area contributed by atoms with Gasteiger partial charge in [-0.25, -0.2) is 0 Å². The molecule has 1 aromatic heterocycles. The monoisotopic (exact) mass is 278 g/mol. The lowest BCUT2D eigenvalue weighted by Crippen LogP contribution is -2.47. The summed E-state index contributed by atoms with van der Waals surface area (Å²) in [4.78, 5) is 14.3. The molecule has 2 rings (SSSR count). The Kier molecular flexibility index (Phi) is 4.81. The Bertz CT molecular complexity index is 472. The van der Waals surface area contributed by atoms with Crippen LogP contribution >= 0.6 is 0 Å². The lowest BCUT2D eigenvalue weighted by Gasteiger charge is -2.27. The normalized spacial score (nSPS) is 15.9. The highest BCUT2D eigenvalue weighted by Gasteiger charge is 2.20. The second-order valence-corrected chi connectivity index (χ2v) is 6.03. The number of nitrogens with one attached hydrogen (secondary N) is 1. The molecule has 1 saturated heterocycles. The molecule has 5 heteroatoms. The zero-order valence-electron chi connectivity index (χ0n) is 13.1. The van der Waals surface area contributed by atoms with Gasteiger partial charge in [-0.3, -0.25) is 9.48 Å². The van der Waals surface area contributed by atoms with Crippen molar-refractivity contribution in [2.24, 2.45) is 5.92 Å². The number of aromatic nitrogens is 2. The molecule has 1 aromatic rings. The van der Waals surface area contributed by atoms with Crippen LogP contribution in [0.3, 0.4) is 0 Å². The number of amides is 1. The minimum Gasteiger partial charge on any atom is -0.340 e. The van der Waals surface area contributed by atoms with Crippen LogP contribution in [0.4, 0.5) is 0 Å². The van der Waals surface area contributed by atoms with Crippen LogP contribution < -0.4 is 5.32 Å². The van der Waals surface area contributed by atoms with Gasteiger partial charge in [0.1, 0.15) is 0 Å². The number of hydrogen-bond donors (Lipinski definition) is 1. The van der Waals surface area contributed by atoms with Gasteiger partial charge in [0.2, 0.25) is 5.91 Å². The Hall–Kier alpha value is -1.36. The molecule has 1 N–H and O–H groups in total. The SMILES string of the molecule is Cc1nn(CC(C)C)c(C)c1CC(=O)N1CCNCC1. The number of aryl methyl sites for hydroxylation is 1. The molecule has 20 heavy (non-hydrogen) atoms. The van der Waals surface area contributed by atoms with E-state index >= 15 is 0 Å². The van der Waals surface area contributed by atoms with Gasteiger partial charge in [0.25, 0.3) is 0 Å². The quantitative estimate of drug-likeness (QED) is 0.898. The summed E-state index contributed by atoms with van der Waals surface area (Å²) < 4.78 is 2.04. The van der Waals surface area contributed by atoms with Crippen molar-refractivity contribution in [3.8, 4) is 0 Å². The van der Waals surface area contributed by atoms with Gasteiger partial charge in [-0.15, -0.1) is 0 Å². The van der Waals surface area contributed by atoms with E-state index in [1.54, 1.807) is 0 Å². The van der Waals surface area contributed by atoms with Crippen molar-refractivity contribution in [2.45, 2.75) is 40.7 Å². The third-order valence-electron chi connectivity index (χ3n) is 3.87. The fourth-order valence-corrected chi connectivity index (χ4v) is 2.69. The van der Waals surface area contributed by atoms with Crippen molar-refractivity contribution in [3.63, 3.8) is 0 Å². The highest BCUT2D eigenvalue weighted by Crippen LogP contribution is 2.16. The average molecular weight is 278 g/mol. The predicted molar refractivity (Wildman–Crippen MR) is 79.7 cm³/mol. The minimum absolute atomic E-state index is 0.224. The molecule has 1 aliphatic heterocycles. The molecule has 0 unspecified atom stereocenters. The number of carbonyl (C=O) groups excluding carboxylic acids is 1. The highest BCUT2D eigenvalue weighted by molar-refractivity contribution is 5.79. The molecule has 0 atom stereocenters. The van der Waals surface area contributed by atoms with E-state index in [2.05, 4.69) is 31.2 Å². The van der Waals surface area contributed by atoms with Crippen molar-refractivity contribution >= 4 is 5.91 Å². The lowest BCUT2D eigenvalue weighted by molar-refractivity contribution is -0.131. The largest absolute Gasteiger partial charge is 0.340 e. The first-order valence-electron chi connectivity index (χ1n) is 7.50. The van der Waals surface area contributed by atoms with Gasteiger partial charge in [0.15, 0.2) is 0 Å². The molecule has 2 heterocycles. The fraction of sp³-hybridized carbons (Fsp3) is 0.733. The maximum Gasteiger partial charge on any atom is 0.227 e. The lowest BCUT2D eigenvalue weighted by atomic mass is 10.1. The molecule has 0 saturated carbocycles. The van der Waals surface area contributed by atoms with Crippen LogP contribution in [-0.2, 0) is 17.8 Å². The van der Waals surface area contributed by atoms with Crippen LogP contribution in [0.25, 0.3) is 0 Å². The van der Waals surface area contributed by atoms with E-state index < -0.39 is 0 Å². The summed E-state index contributed by atoms with van der Waals surface area (Å²) in [5.74, 6) is 0.784. The first-order chi connectivity index (χ1) is 9.49. The first kappa shape index (κ1) is 15.0. The molecule has 1 amide bonds. The Labute approximate surface area is 121 Å². The van der Waals surface area contributed by atoms with E-state index in [1.165, 1.54) is 0 Å². The number of rotatable bonds is 4. The first-order valence-corrected chi connectivity index (χ1v) is 7.50. The third-order valence-corrected chi connectivity index (χ3v) is 3.87. The molecular weight excluding hydrogens is 252 g/mol. The summed E-state index contributed by atoms with van der Waals surface area (Å²) >= 11 is 0. The molecule has 0 aromatic carbocycles. The van der Waals surface area contributed by atoms with E-state index in [-0.39, 0.29) is 5.91 Å². The summed E-state index contributed by atoms with van der Waals surface area (Å²) in [5, 5.41) is 7.85. The van der Waals surface area contributed by atoms with Crippen molar-refractivity contribution in [2.75, 3.05) is 26.2 Å². The van der Waals surface area contributed by atoms with Crippen LogP contribution in [0.5, 0.6) is 0 Å². The third kappa shape index (κ3) is 3.39. The topological polar surface area (TPSA) is 50.2 Å². The van der Waals surface area contributed by atoms with Gasteiger partial charge in [0, 0.05) is 44.0 Å². The zero-order valence-corrected chi connectivity index (χ0v) is 13.1. The molecule has 1 fully saturated rings. The zero-order chi connectivity index (χ0) is 14.7. The molecular formula is C15H26N4O. The van der Waals surface area contributed by atoms with E-state index in [1.807, 2.05) is 16.5 Å². The Morgan fingerprint density at radius 1 is 1.30 bits per heavy atom. The number of hydrogen-bond acceptors (Lipinski definition) is 3. The van der Waals surface area contributed by atoms with Crippen molar-refractivity contribution < 1.29 is 4.79 Å². The maximum absolute atomic E-state index is 12.4. The van der Waals surface area contributed by atoms with Crippen molar-refractivity contribution in [1.82, 2.24) is 20.0 Å². The number of nitrogens with zero attached hydrogens (tertiary/aromatic N) is 3. The smallest absolute Gasteiger partial charge is 0.227 e. The Morgan fingerprint density at radius 3 is 2.55 bits per heavy atom. The molecule has 0 radical (unpaired) electrons. The average Bonchev–Trinajstić information content (AvgIpc) is 2.66. The highest BCUT2D eigenvalue weighted by atomic mass is 16.2. The second-order valence-electron chi connectivity index (χ2n) is 6.03. The molecule has 0 bridgehead atoms. The van der Waals surface area contributed by atoms with Gasteiger partial charge in [-0.05, 0) is 19.8 Å². The number of piperazine rings is 1. The van der Waals surface area contributed by atoms with Crippen molar-refractivity contribution in [3.05, 3.63) is 17.0 Å². The Morgan fingerprint density at radius 2 is 1.95 bits per heavy atom. The molecule has 0 spiro atoms. The number of carbonyl (C=O) groups is 1.